The minimum absolute atomic E-state index is 0.228. The van der Waals surface area contributed by atoms with Crippen LogP contribution in [-0.2, 0) is 4.79 Å². The summed E-state index contributed by atoms with van der Waals surface area (Å²) in [6, 6.07) is 0. The zero-order chi connectivity index (χ0) is 9.78. The summed E-state index contributed by atoms with van der Waals surface area (Å²) in [5.74, 6) is -0.236. The van der Waals surface area contributed by atoms with Gasteiger partial charge in [-0.05, 0) is 39.7 Å². The number of hydrogen-bond acceptors (Lipinski definition) is 2. The van der Waals surface area contributed by atoms with Crippen LogP contribution in [0.5, 0.6) is 0 Å². The Morgan fingerprint density at radius 1 is 1.58 bits per heavy atom. The Hall–Kier alpha value is -0.630. The molecule has 0 aliphatic carbocycles. The molecular weight excluding hydrogens is 152 g/mol. The minimum Gasteiger partial charge on any atom is -0.382 e. The lowest BCUT2D eigenvalue weighted by Gasteiger charge is -2.21. The first kappa shape index (κ1) is 11.4. The van der Waals surface area contributed by atoms with Crippen molar-refractivity contribution in [1.82, 2.24) is 0 Å². The highest BCUT2D eigenvalue weighted by molar-refractivity contribution is 5.97. The molecule has 2 heteroatoms. The van der Waals surface area contributed by atoms with Crippen molar-refractivity contribution in [2.24, 2.45) is 0 Å². The second-order valence-corrected chi connectivity index (χ2v) is 3.22. The molecule has 2 nitrogen and oxygen atoms in total. The summed E-state index contributed by atoms with van der Waals surface area (Å²) in [6.07, 6.45) is 2.11. The fourth-order valence-corrected chi connectivity index (χ4v) is 0.871. The van der Waals surface area contributed by atoms with Crippen molar-refractivity contribution in [3.63, 3.8) is 0 Å². The van der Waals surface area contributed by atoms with Crippen LogP contribution in [0.15, 0.2) is 11.6 Å². The van der Waals surface area contributed by atoms with Gasteiger partial charge in [0.1, 0.15) is 5.60 Å². The zero-order valence-corrected chi connectivity index (χ0v) is 8.05. The summed E-state index contributed by atoms with van der Waals surface area (Å²) in [5.41, 5.74) is -0.350. The molecule has 12 heavy (non-hydrogen) atoms. The highest BCUT2D eigenvalue weighted by Gasteiger charge is 2.29. The van der Waals surface area contributed by atoms with E-state index in [1.165, 1.54) is 6.08 Å². The monoisotopic (exact) mass is 169 g/mol. The van der Waals surface area contributed by atoms with Gasteiger partial charge in [0.2, 0.25) is 0 Å². The van der Waals surface area contributed by atoms with Gasteiger partial charge in [-0.1, -0.05) is 12.5 Å². The SMILES string of the molecule is [CH2]CC(O)(CC)C(=O)C=C(C)C. The van der Waals surface area contributed by atoms with E-state index in [2.05, 4.69) is 6.92 Å². The first-order valence-electron chi connectivity index (χ1n) is 4.17. The standard InChI is InChI=1S/C10H17O2/c1-5-10(12,6-2)9(11)7-8(3)4/h7,12H,1,5-6H2,2-4H3. The van der Waals surface area contributed by atoms with E-state index in [1.807, 2.05) is 13.8 Å². The fourth-order valence-electron chi connectivity index (χ4n) is 0.871. The second-order valence-electron chi connectivity index (χ2n) is 3.22. The molecule has 69 valence electrons. The molecule has 1 atom stereocenters. The lowest BCUT2D eigenvalue weighted by atomic mass is 9.91. The van der Waals surface area contributed by atoms with Gasteiger partial charge in [0.15, 0.2) is 5.78 Å². The Morgan fingerprint density at radius 2 is 2.08 bits per heavy atom. The van der Waals surface area contributed by atoms with E-state index in [4.69, 9.17) is 0 Å². The molecule has 1 radical (unpaired) electrons. The average molecular weight is 169 g/mol. The van der Waals surface area contributed by atoms with Gasteiger partial charge in [-0.2, -0.15) is 0 Å². The van der Waals surface area contributed by atoms with Crippen LogP contribution in [0.1, 0.15) is 33.6 Å². The van der Waals surface area contributed by atoms with Crippen molar-refractivity contribution in [2.75, 3.05) is 0 Å². The third kappa shape index (κ3) is 2.78. The molecule has 0 bridgehead atoms. The van der Waals surface area contributed by atoms with E-state index in [-0.39, 0.29) is 12.2 Å². The van der Waals surface area contributed by atoms with Crippen molar-refractivity contribution in [3.05, 3.63) is 18.6 Å². The van der Waals surface area contributed by atoms with E-state index >= 15 is 0 Å². The molecule has 0 saturated carbocycles. The molecule has 0 spiro atoms. The lowest BCUT2D eigenvalue weighted by molar-refractivity contribution is -0.132. The third-order valence-corrected chi connectivity index (χ3v) is 1.88. The van der Waals surface area contributed by atoms with Gasteiger partial charge in [0, 0.05) is 0 Å². The summed E-state index contributed by atoms with van der Waals surface area (Å²) < 4.78 is 0. The van der Waals surface area contributed by atoms with Gasteiger partial charge in [0.25, 0.3) is 0 Å². The van der Waals surface area contributed by atoms with Gasteiger partial charge in [-0.15, -0.1) is 0 Å². The van der Waals surface area contributed by atoms with Crippen LogP contribution in [0.3, 0.4) is 0 Å². The maximum atomic E-state index is 11.4. The summed E-state index contributed by atoms with van der Waals surface area (Å²) in [7, 11) is 0. The van der Waals surface area contributed by atoms with Crippen LogP contribution < -0.4 is 0 Å². The first-order valence-corrected chi connectivity index (χ1v) is 4.17. The van der Waals surface area contributed by atoms with E-state index in [9.17, 15) is 9.90 Å². The molecule has 0 rings (SSSR count). The Morgan fingerprint density at radius 3 is 2.33 bits per heavy atom. The number of carbonyl (C=O) groups is 1. The average Bonchev–Trinajstić information content (AvgIpc) is 2.02. The van der Waals surface area contributed by atoms with Gasteiger partial charge in [-0.25, -0.2) is 0 Å². The predicted octanol–water partition coefficient (Wildman–Crippen LogP) is 1.89. The first-order chi connectivity index (χ1) is 5.46. The number of aliphatic hydroxyl groups is 1. The van der Waals surface area contributed by atoms with Gasteiger partial charge >= 0.3 is 0 Å². The summed E-state index contributed by atoms with van der Waals surface area (Å²) in [4.78, 5) is 11.4. The number of rotatable bonds is 4. The summed E-state index contributed by atoms with van der Waals surface area (Å²) in [5, 5.41) is 9.69. The molecule has 0 aromatic carbocycles. The molecular formula is C10H17O2. The molecule has 0 heterocycles. The Bertz CT molecular complexity index is 184. The lowest BCUT2D eigenvalue weighted by Crippen LogP contribution is -2.36. The van der Waals surface area contributed by atoms with Crippen molar-refractivity contribution in [1.29, 1.82) is 0 Å². The van der Waals surface area contributed by atoms with Crippen LogP contribution in [0.4, 0.5) is 0 Å². The highest BCUT2D eigenvalue weighted by atomic mass is 16.3. The maximum absolute atomic E-state index is 11.4. The maximum Gasteiger partial charge on any atom is 0.187 e. The van der Waals surface area contributed by atoms with Crippen molar-refractivity contribution < 1.29 is 9.90 Å². The molecule has 0 aromatic rings. The summed E-state index contributed by atoms with van der Waals surface area (Å²) in [6.45, 7) is 9.00. The van der Waals surface area contributed by atoms with E-state index in [0.29, 0.717) is 6.42 Å². The molecule has 1 N–H and O–H groups in total. The Balaban J connectivity index is 4.54. The van der Waals surface area contributed by atoms with Crippen LogP contribution in [0.2, 0.25) is 0 Å². The van der Waals surface area contributed by atoms with Crippen LogP contribution in [-0.4, -0.2) is 16.5 Å². The molecule has 0 amide bonds. The third-order valence-electron chi connectivity index (χ3n) is 1.88. The Kier molecular flexibility index (Phi) is 4.18. The van der Waals surface area contributed by atoms with Crippen LogP contribution >= 0.6 is 0 Å². The van der Waals surface area contributed by atoms with Gasteiger partial charge in [0.05, 0.1) is 0 Å². The van der Waals surface area contributed by atoms with E-state index in [1.54, 1.807) is 6.92 Å². The largest absolute Gasteiger partial charge is 0.382 e. The quantitative estimate of drug-likeness (QED) is 0.652. The topological polar surface area (TPSA) is 37.3 Å². The molecule has 1 unspecified atom stereocenters. The van der Waals surface area contributed by atoms with Gasteiger partial charge < -0.3 is 5.11 Å². The number of ketones is 1. The molecule has 0 aliphatic heterocycles. The molecule has 0 aliphatic rings. The summed E-state index contributed by atoms with van der Waals surface area (Å²) >= 11 is 0. The number of carbonyl (C=O) groups excluding carboxylic acids is 1. The van der Waals surface area contributed by atoms with E-state index < -0.39 is 5.60 Å². The van der Waals surface area contributed by atoms with Crippen molar-refractivity contribution >= 4 is 5.78 Å². The number of allylic oxidation sites excluding steroid dienone is 1. The molecule has 0 saturated heterocycles. The van der Waals surface area contributed by atoms with Gasteiger partial charge in [-0.3, -0.25) is 4.79 Å². The normalized spacial score (nSPS) is 11.1. The fraction of sp³-hybridized carbons (Fsp3) is 0.600. The molecule has 0 fully saturated rings. The predicted molar refractivity (Wildman–Crippen MR) is 49.7 cm³/mol. The molecule has 0 aromatic heterocycles. The van der Waals surface area contributed by atoms with Crippen LogP contribution in [0, 0.1) is 6.92 Å². The Labute approximate surface area is 74.3 Å². The second kappa shape index (κ2) is 4.41. The van der Waals surface area contributed by atoms with E-state index in [0.717, 1.165) is 5.57 Å². The van der Waals surface area contributed by atoms with Crippen LogP contribution in [0.25, 0.3) is 0 Å². The smallest absolute Gasteiger partial charge is 0.187 e. The van der Waals surface area contributed by atoms with Crippen molar-refractivity contribution in [2.45, 2.75) is 39.2 Å². The van der Waals surface area contributed by atoms with Crippen molar-refractivity contribution in [3.8, 4) is 0 Å². The highest BCUT2D eigenvalue weighted by Crippen LogP contribution is 2.16. The number of hydrogen-bond donors (Lipinski definition) is 1. The minimum atomic E-state index is -1.25. The zero-order valence-electron chi connectivity index (χ0n) is 8.05.